The Morgan fingerprint density at radius 2 is 1.66 bits per heavy atom. The standard InChI is InChI=1S/C25H32F2O2/c1-3-6-18-9-11-19(12-10-18)17-28-25(4-2)29-24-14-13-21(16-23(24)27)20-7-5-8-22(26)15-20/h5,7-8,13-16,18-19,25H,3-4,6,9-12,17H2,1-2H3. The van der Waals surface area contributed by atoms with Crippen LogP contribution in [-0.2, 0) is 4.74 Å². The summed E-state index contributed by atoms with van der Waals surface area (Å²) in [7, 11) is 0. The molecular formula is C25H32F2O2. The van der Waals surface area contributed by atoms with E-state index in [0.29, 0.717) is 30.1 Å². The lowest BCUT2D eigenvalue weighted by Gasteiger charge is -2.29. The van der Waals surface area contributed by atoms with Crippen molar-refractivity contribution in [1.29, 1.82) is 0 Å². The summed E-state index contributed by atoms with van der Waals surface area (Å²) in [6.07, 6.45) is 7.77. The van der Waals surface area contributed by atoms with Gasteiger partial charge in [-0.15, -0.1) is 0 Å². The van der Waals surface area contributed by atoms with E-state index >= 15 is 0 Å². The van der Waals surface area contributed by atoms with Gasteiger partial charge >= 0.3 is 0 Å². The van der Waals surface area contributed by atoms with Crippen LogP contribution in [-0.4, -0.2) is 12.9 Å². The molecule has 2 aromatic rings. The summed E-state index contributed by atoms with van der Waals surface area (Å²) in [5.74, 6) is 0.810. The van der Waals surface area contributed by atoms with Crippen LogP contribution in [0.1, 0.15) is 58.8 Å². The van der Waals surface area contributed by atoms with E-state index in [2.05, 4.69) is 6.92 Å². The van der Waals surface area contributed by atoms with Gasteiger partial charge < -0.3 is 9.47 Å². The molecule has 1 atom stereocenters. The fraction of sp³-hybridized carbons (Fsp3) is 0.520. The highest BCUT2D eigenvalue weighted by molar-refractivity contribution is 5.64. The molecule has 0 N–H and O–H groups in total. The maximum Gasteiger partial charge on any atom is 0.199 e. The van der Waals surface area contributed by atoms with Crippen molar-refractivity contribution in [3.05, 3.63) is 54.1 Å². The molecule has 1 aliphatic carbocycles. The number of halogens is 2. The highest BCUT2D eigenvalue weighted by atomic mass is 19.1. The molecule has 2 aromatic carbocycles. The van der Waals surface area contributed by atoms with Crippen LogP contribution in [0.15, 0.2) is 42.5 Å². The summed E-state index contributed by atoms with van der Waals surface area (Å²) >= 11 is 0. The molecular weight excluding hydrogens is 370 g/mol. The first kappa shape index (κ1) is 21.8. The SMILES string of the molecule is CCCC1CCC(COC(CC)Oc2ccc(-c3cccc(F)c3)cc2F)CC1. The zero-order valence-electron chi connectivity index (χ0n) is 17.5. The summed E-state index contributed by atoms with van der Waals surface area (Å²) in [6.45, 7) is 4.89. The second kappa shape index (κ2) is 10.7. The van der Waals surface area contributed by atoms with Gasteiger partial charge in [-0.2, -0.15) is 0 Å². The molecule has 1 aliphatic rings. The van der Waals surface area contributed by atoms with E-state index in [9.17, 15) is 8.78 Å². The molecule has 0 aliphatic heterocycles. The van der Waals surface area contributed by atoms with Gasteiger partial charge in [0, 0.05) is 6.42 Å². The molecule has 4 heteroatoms. The lowest BCUT2D eigenvalue weighted by Crippen LogP contribution is -2.26. The summed E-state index contributed by atoms with van der Waals surface area (Å²) in [4.78, 5) is 0. The van der Waals surface area contributed by atoms with Crippen LogP contribution in [0.3, 0.4) is 0 Å². The average molecular weight is 403 g/mol. The van der Waals surface area contributed by atoms with Crippen molar-refractivity contribution >= 4 is 0 Å². The first-order valence-electron chi connectivity index (χ1n) is 10.9. The number of rotatable bonds is 9. The van der Waals surface area contributed by atoms with Crippen LogP contribution in [0.4, 0.5) is 8.78 Å². The summed E-state index contributed by atoms with van der Waals surface area (Å²) in [6, 6.07) is 10.9. The van der Waals surface area contributed by atoms with Gasteiger partial charge in [0.1, 0.15) is 5.82 Å². The number of hydrogen-bond acceptors (Lipinski definition) is 2. The minimum atomic E-state index is -0.464. The molecule has 0 spiro atoms. The van der Waals surface area contributed by atoms with E-state index in [-0.39, 0.29) is 11.6 Å². The van der Waals surface area contributed by atoms with Crippen LogP contribution < -0.4 is 4.74 Å². The van der Waals surface area contributed by atoms with Crippen molar-refractivity contribution in [3.63, 3.8) is 0 Å². The average Bonchev–Trinajstić information content (AvgIpc) is 2.73. The molecule has 0 aromatic heterocycles. The largest absolute Gasteiger partial charge is 0.462 e. The summed E-state index contributed by atoms with van der Waals surface area (Å²) in [5.41, 5.74) is 1.25. The normalized spacial score (nSPS) is 20.4. The third kappa shape index (κ3) is 6.27. The highest BCUT2D eigenvalue weighted by Crippen LogP contribution is 2.32. The fourth-order valence-electron chi connectivity index (χ4n) is 4.16. The maximum atomic E-state index is 14.6. The van der Waals surface area contributed by atoms with Crippen LogP contribution in [0.2, 0.25) is 0 Å². The third-order valence-corrected chi connectivity index (χ3v) is 5.86. The summed E-state index contributed by atoms with van der Waals surface area (Å²) in [5, 5.41) is 0. The van der Waals surface area contributed by atoms with Gasteiger partial charge in [-0.25, -0.2) is 8.78 Å². The van der Waals surface area contributed by atoms with Gasteiger partial charge in [0.05, 0.1) is 6.61 Å². The van der Waals surface area contributed by atoms with Crippen molar-refractivity contribution < 1.29 is 18.3 Å². The molecule has 0 bridgehead atoms. The third-order valence-electron chi connectivity index (χ3n) is 5.86. The van der Waals surface area contributed by atoms with E-state index in [1.165, 1.54) is 56.7 Å². The zero-order valence-corrected chi connectivity index (χ0v) is 17.5. The number of benzene rings is 2. The molecule has 1 saturated carbocycles. The molecule has 158 valence electrons. The molecule has 0 radical (unpaired) electrons. The van der Waals surface area contributed by atoms with Gasteiger partial charge in [0.15, 0.2) is 17.9 Å². The Labute approximate surface area is 173 Å². The van der Waals surface area contributed by atoms with Crippen LogP contribution >= 0.6 is 0 Å². The zero-order chi connectivity index (χ0) is 20.6. The van der Waals surface area contributed by atoms with Crippen molar-refractivity contribution in [3.8, 4) is 16.9 Å². The van der Waals surface area contributed by atoms with E-state index in [1.807, 2.05) is 6.92 Å². The molecule has 0 amide bonds. The maximum absolute atomic E-state index is 14.6. The predicted molar refractivity (Wildman–Crippen MR) is 113 cm³/mol. The topological polar surface area (TPSA) is 18.5 Å². The van der Waals surface area contributed by atoms with Crippen molar-refractivity contribution in [2.24, 2.45) is 11.8 Å². The van der Waals surface area contributed by atoms with Gasteiger partial charge in [-0.3, -0.25) is 0 Å². The smallest absolute Gasteiger partial charge is 0.199 e. The second-order valence-electron chi connectivity index (χ2n) is 8.12. The Bertz CT molecular complexity index is 769. The molecule has 3 rings (SSSR count). The van der Waals surface area contributed by atoms with Gasteiger partial charge in [-0.1, -0.05) is 57.7 Å². The fourth-order valence-corrected chi connectivity index (χ4v) is 4.16. The second-order valence-corrected chi connectivity index (χ2v) is 8.12. The molecule has 1 unspecified atom stereocenters. The minimum absolute atomic E-state index is 0.170. The van der Waals surface area contributed by atoms with Crippen molar-refractivity contribution in [1.82, 2.24) is 0 Å². The molecule has 29 heavy (non-hydrogen) atoms. The Morgan fingerprint density at radius 3 is 2.31 bits per heavy atom. The number of hydrogen-bond donors (Lipinski definition) is 0. The highest BCUT2D eigenvalue weighted by Gasteiger charge is 2.22. The Balaban J connectivity index is 1.54. The van der Waals surface area contributed by atoms with Crippen molar-refractivity contribution in [2.45, 2.75) is 65.1 Å². The first-order chi connectivity index (χ1) is 14.1. The minimum Gasteiger partial charge on any atom is -0.462 e. The van der Waals surface area contributed by atoms with Crippen LogP contribution in [0.5, 0.6) is 5.75 Å². The monoisotopic (exact) mass is 402 g/mol. The lowest BCUT2D eigenvalue weighted by atomic mass is 9.80. The van der Waals surface area contributed by atoms with Gasteiger partial charge in [-0.05, 0) is 60.1 Å². The molecule has 0 heterocycles. The van der Waals surface area contributed by atoms with Crippen molar-refractivity contribution in [2.75, 3.05) is 6.61 Å². The van der Waals surface area contributed by atoms with Gasteiger partial charge in [0.2, 0.25) is 0 Å². The van der Waals surface area contributed by atoms with E-state index in [0.717, 1.165) is 5.92 Å². The van der Waals surface area contributed by atoms with Crippen LogP contribution in [0.25, 0.3) is 11.1 Å². The summed E-state index contributed by atoms with van der Waals surface area (Å²) < 4.78 is 39.7. The lowest BCUT2D eigenvalue weighted by molar-refractivity contribution is -0.0982. The molecule has 0 saturated heterocycles. The number of ether oxygens (including phenoxy) is 2. The molecule has 2 nitrogen and oxygen atoms in total. The molecule has 1 fully saturated rings. The Hall–Kier alpha value is -1.94. The van der Waals surface area contributed by atoms with Crippen LogP contribution in [0, 0.1) is 23.5 Å². The first-order valence-corrected chi connectivity index (χ1v) is 10.9. The van der Waals surface area contributed by atoms with Gasteiger partial charge in [0.25, 0.3) is 0 Å². The van der Waals surface area contributed by atoms with E-state index in [1.54, 1.807) is 24.3 Å². The Kier molecular flexibility index (Phi) is 8.05. The van der Waals surface area contributed by atoms with E-state index in [4.69, 9.17) is 9.47 Å². The van der Waals surface area contributed by atoms with E-state index < -0.39 is 12.1 Å². The quantitative estimate of drug-likeness (QED) is 0.408. The predicted octanol–water partition coefficient (Wildman–Crippen LogP) is 7.37. The Morgan fingerprint density at radius 1 is 0.931 bits per heavy atom.